The van der Waals surface area contributed by atoms with Gasteiger partial charge in [0.05, 0.1) is 17.6 Å². The van der Waals surface area contributed by atoms with Crippen molar-refractivity contribution in [3.63, 3.8) is 0 Å². The van der Waals surface area contributed by atoms with Crippen LogP contribution in [0.5, 0.6) is 0 Å². The number of hydrogen-bond acceptors (Lipinski definition) is 4. The highest BCUT2D eigenvalue weighted by Crippen LogP contribution is 2.29. The predicted octanol–water partition coefficient (Wildman–Crippen LogP) is 1.35. The van der Waals surface area contributed by atoms with Crippen molar-refractivity contribution in [2.75, 3.05) is 13.2 Å². The molecule has 2 rings (SSSR count). The van der Waals surface area contributed by atoms with Crippen LogP contribution in [0.1, 0.15) is 17.9 Å². The van der Waals surface area contributed by atoms with E-state index < -0.39 is 10.1 Å². The van der Waals surface area contributed by atoms with Crippen LogP contribution in [0, 0.1) is 0 Å². The van der Waals surface area contributed by atoms with Gasteiger partial charge in [0.1, 0.15) is 0 Å². The fraction of sp³-hybridized carbons (Fsp3) is 0.385. The Morgan fingerprint density at radius 3 is 2.47 bits per heavy atom. The highest BCUT2D eigenvalue weighted by Gasteiger charge is 2.24. The zero-order chi connectivity index (χ0) is 13.9. The second-order valence-corrected chi connectivity index (χ2v) is 5.81. The van der Waals surface area contributed by atoms with Gasteiger partial charge in [-0.25, -0.2) is 0 Å². The van der Waals surface area contributed by atoms with Crippen LogP contribution in [-0.4, -0.2) is 37.4 Å². The summed E-state index contributed by atoms with van der Waals surface area (Å²) in [5, 5.41) is 9.13. The van der Waals surface area contributed by atoms with E-state index in [9.17, 15) is 8.42 Å². The molecule has 1 heterocycles. The van der Waals surface area contributed by atoms with E-state index >= 15 is 0 Å². The first-order valence-electron chi connectivity index (χ1n) is 5.99. The Morgan fingerprint density at radius 2 is 2.00 bits per heavy atom. The quantitative estimate of drug-likeness (QED) is 0.630. The van der Waals surface area contributed by atoms with Crippen molar-refractivity contribution in [3.05, 3.63) is 42.0 Å². The average Bonchev–Trinajstić information content (AvgIpc) is 2.89. The van der Waals surface area contributed by atoms with Crippen LogP contribution in [-0.2, 0) is 14.9 Å². The summed E-state index contributed by atoms with van der Waals surface area (Å²) in [6.45, 7) is 0.577. The van der Waals surface area contributed by atoms with E-state index in [0.717, 1.165) is 5.56 Å². The molecule has 2 atom stereocenters. The molecule has 0 aliphatic carbocycles. The Balaban J connectivity index is 2.24. The van der Waals surface area contributed by atoms with Gasteiger partial charge in [-0.2, -0.15) is 8.42 Å². The fourth-order valence-electron chi connectivity index (χ4n) is 2.21. The molecule has 104 valence electrons. The molecule has 2 unspecified atom stereocenters. The molecule has 1 aliphatic heterocycles. The smallest absolute Gasteiger partial charge is 0.294 e. The first kappa shape index (κ1) is 14.2. The molecule has 0 radical (unpaired) electrons. The lowest BCUT2D eigenvalue weighted by Gasteiger charge is -2.22. The second kappa shape index (κ2) is 5.83. The molecule has 0 spiro atoms. The van der Waals surface area contributed by atoms with E-state index in [4.69, 9.17) is 14.4 Å². The zero-order valence-corrected chi connectivity index (χ0v) is 11.1. The zero-order valence-electron chi connectivity index (χ0n) is 10.3. The minimum Gasteiger partial charge on any atom is -0.396 e. The number of rotatable bonds is 5. The standard InChI is InChI=1S/C13H16O5S/c14-8-7-12(13-2-1-9-18-13)10-3-5-11(6-4-10)19(15,16)17/h1-6,12-14H,7-9H2,(H,15,16,17). The highest BCUT2D eigenvalue weighted by molar-refractivity contribution is 7.85. The molecule has 1 aromatic rings. The van der Waals surface area contributed by atoms with Crippen LogP contribution in [0.3, 0.4) is 0 Å². The molecule has 1 aliphatic rings. The lowest BCUT2D eigenvalue weighted by atomic mass is 9.90. The topological polar surface area (TPSA) is 83.8 Å². The van der Waals surface area contributed by atoms with Crippen molar-refractivity contribution in [2.45, 2.75) is 23.3 Å². The molecule has 0 saturated heterocycles. The van der Waals surface area contributed by atoms with E-state index in [1.54, 1.807) is 12.1 Å². The largest absolute Gasteiger partial charge is 0.396 e. The summed E-state index contributed by atoms with van der Waals surface area (Å²) in [7, 11) is -4.17. The van der Waals surface area contributed by atoms with Crippen LogP contribution in [0.15, 0.2) is 41.3 Å². The Bertz CT molecular complexity index is 547. The molecule has 19 heavy (non-hydrogen) atoms. The summed E-state index contributed by atoms with van der Waals surface area (Å²) in [5.41, 5.74) is 0.873. The molecule has 0 aromatic heterocycles. The van der Waals surface area contributed by atoms with Crippen LogP contribution >= 0.6 is 0 Å². The molecule has 1 aromatic carbocycles. The number of benzene rings is 1. The van der Waals surface area contributed by atoms with Crippen LogP contribution in [0.4, 0.5) is 0 Å². The van der Waals surface area contributed by atoms with Gasteiger partial charge < -0.3 is 9.84 Å². The van der Waals surface area contributed by atoms with E-state index in [1.807, 2.05) is 12.2 Å². The van der Waals surface area contributed by atoms with Crippen molar-refractivity contribution < 1.29 is 22.8 Å². The van der Waals surface area contributed by atoms with E-state index in [-0.39, 0.29) is 23.5 Å². The van der Waals surface area contributed by atoms with Crippen molar-refractivity contribution in [1.29, 1.82) is 0 Å². The molecule has 0 bridgehead atoms. The Kier molecular flexibility index (Phi) is 4.36. The van der Waals surface area contributed by atoms with Gasteiger partial charge in [-0.3, -0.25) is 4.55 Å². The first-order valence-corrected chi connectivity index (χ1v) is 7.43. The van der Waals surface area contributed by atoms with Gasteiger partial charge in [-0.05, 0) is 24.1 Å². The van der Waals surface area contributed by atoms with E-state index in [2.05, 4.69) is 0 Å². The number of ether oxygens (including phenoxy) is 1. The van der Waals surface area contributed by atoms with Crippen LogP contribution in [0.25, 0.3) is 0 Å². The van der Waals surface area contributed by atoms with Crippen LogP contribution in [0.2, 0.25) is 0 Å². The van der Waals surface area contributed by atoms with Crippen molar-refractivity contribution in [3.8, 4) is 0 Å². The fourth-order valence-corrected chi connectivity index (χ4v) is 2.69. The maximum Gasteiger partial charge on any atom is 0.294 e. The predicted molar refractivity (Wildman–Crippen MR) is 69.6 cm³/mol. The van der Waals surface area contributed by atoms with Crippen molar-refractivity contribution >= 4 is 10.1 Å². The van der Waals surface area contributed by atoms with Gasteiger partial charge in [0.25, 0.3) is 10.1 Å². The maximum atomic E-state index is 11.0. The SMILES string of the molecule is O=S(=O)(O)c1ccc(C(CCO)C2C=CCO2)cc1. The molecule has 0 amide bonds. The minimum atomic E-state index is -4.17. The average molecular weight is 284 g/mol. The third-order valence-electron chi connectivity index (χ3n) is 3.15. The molecule has 5 nitrogen and oxygen atoms in total. The van der Waals surface area contributed by atoms with Crippen molar-refractivity contribution in [2.24, 2.45) is 0 Å². The second-order valence-electron chi connectivity index (χ2n) is 4.39. The van der Waals surface area contributed by atoms with Gasteiger partial charge in [0, 0.05) is 12.5 Å². The van der Waals surface area contributed by atoms with Crippen LogP contribution < -0.4 is 0 Å². The lowest BCUT2D eigenvalue weighted by molar-refractivity contribution is 0.0960. The summed E-state index contributed by atoms with van der Waals surface area (Å²) < 4.78 is 36.4. The molecule has 0 fully saturated rings. The normalized spacial score (nSPS) is 20.6. The summed E-state index contributed by atoms with van der Waals surface area (Å²) in [6, 6.07) is 5.99. The van der Waals surface area contributed by atoms with Gasteiger partial charge in [-0.1, -0.05) is 24.3 Å². The monoisotopic (exact) mass is 284 g/mol. The summed E-state index contributed by atoms with van der Waals surface area (Å²) in [6.07, 6.45) is 4.28. The minimum absolute atomic E-state index is 0.0262. The van der Waals surface area contributed by atoms with Gasteiger partial charge in [0.2, 0.25) is 0 Å². The molecular weight excluding hydrogens is 268 g/mol. The first-order chi connectivity index (χ1) is 9.02. The summed E-state index contributed by atoms with van der Waals surface area (Å²) in [4.78, 5) is -0.137. The summed E-state index contributed by atoms with van der Waals surface area (Å²) in [5.74, 6) is -0.0285. The number of hydrogen-bond donors (Lipinski definition) is 2. The molecule has 6 heteroatoms. The lowest BCUT2D eigenvalue weighted by Crippen LogP contribution is -2.18. The number of aliphatic hydroxyl groups excluding tert-OH is 1. The highest BCUT2D eigenvalue weighted by atomic mass is 32.2. The van der Waals surface area contributed by atoms with Gasteiger partial charge in [-0.15, -0.1) is 0 Å². The van der Waals surface area contributed by atoms with E-state index in [0.29, 0.717) is 13.0 Å². The molecule has 0 saturated carbocycles. The third-order valence-corrected chi connectivity index (χ3v) is 4.02. The van der Waals surface area contributed by atoms with E-state index in [1.165, 1.54) is 12.1 Å². The van der Waals surface area contributed by atoms with Gasteiger partial charge in [0.15, 0.2) is 0 Å². The van der Waals surface area contributed by atoms with Gasteiger partial charge >= 0.3 is 0 Å². The van der Waals surface area contributed by atoms with Crippen molar-refractivity contribution in [1.82, 2.24) is 0 Å². The molecular formula is C13H16O5S. The Hall–Kier alpha value is -1.21. The number of aliphatic hydroxyl groups is 1. The maximum absolute atomic E-state index is 11.0. The Labute approximate surface area is 112 Å². The Morgan fingerprint density at radius 1 is 1.32 bits per heavy atom. The third kappa shape index (κ3) is 3.42. The molecule has 2 N–H and O–H groups in total. The summed E-state index contributed by atoms with van der Waals surface area (Å²) >= 11 is 0.